The van der Waals surface area contributed by atoms with Gasteiger partial charge in [0.2, 0.25) is 5.28 Å². The fraction of sp³-hybridized carbons (Fsp3) is 0.375. The van der Waals surface area contributed by atoms with Gasteiger partial charge in [0.05, 0.1) is 6.04 Å². The van der Waals surface area contributed by atoms with Crippen molar-refractivity contribution in [3.05, 3.63) is 51.9 Å². The van der Waals surface area contributed by atoms with Crippen molar-refractivity contribution in [1.29, 1.82) is 0 Å². The zero-order chi connectivity index (χ0) is 14.3. The molecule has 3 rings (SSSR count). The van der Waals surface area contributed by atoms with Crippen LogP contribution >= 0.6 is 11.6 Å². The highest BCUT2D eigenvalue weighted by Crippen LogP contribution is 2.34. The molecule has 3 nitrogen and oxygen atoms in total. The number of benzene rings is 1. The van der Waals surface area contributed by atoms with E-state index in [9.17, 15) is 0 Å². The number of fused-ring (bicyclic) bond motifs is 1. The first-order valence-electron chi connectivity index (χ1n) is 6.93. The minimum atomic E-state index is 0.309. The lowest BCUT2D eigenvalue weighted by molar-refractivity contribution is 0.614. The summed E-state index contributed by atoms with van der Waals surface area (Å²) in [6.45, 7) is 7.23. The number of halogens is 1. The van der Waals surface area contributed by atoms with Crippen LogP contribution in [0.5, 0.6) is 0 Å². The molecule has 0 saturated heterocycles. The van der Waals surface area contributed by atoms with E-state index in [0.29, 0.717) is 11.3 Å². The molecular weight excluding hydrogens is 270 g/mol. The molecule has 1 aromatic carbocycles. The highest BCUT2D eigenvalue weighted by molar-refractivity contribution is 6.28. The summed E-state index contributed by atoms with van der Waals surface area (Å²) in [4.78, 5) is 11.0. The Kier molecular flexibility index (Phi) is 3.38. The number of hydrogen-bond donors (Lipinski definition) is 0. The Morgan fingerprint density at radius 3 is 2.75 bits per heavy atom. The summed E-state index contributed by atoms with van der Waals surface area (Å²) in [6.07, 6.45) is 1.04. The van der Waals surface area contributed by atoms with Crippen molar-refractivity contribution in [2.24, 2.45) is 0 Å². The molecule has 0 bridgehead atoms. The zero-order valence-corrected chi connectivity index (χ0v) is 12.8. The van der Waals surface area contributed by atoms with E-state index in [1.54, 1.807) is 0 Å². The lowest BCUT2D eigenvalue weighted by atomic mass is 9.93. The third-order valence-electron chi connectivity index (χ3n) is 4.20. The molecule has 0 radical (unpaired) electrons. The Morgan fingerprint density at radius 2 is 1.95 bits per heavy atom. The Morgan fingerprint density at radius 1 is 1.20 bits per heavy atom. The molecule has 1 atom stereocenters. The van der Waals surface area contributed by atoms with E-state index in [0.717, 1.165) is 30.0 Å². The van der Waals surface area contributed by atoms with E-state index in [2.05, 4.69) is 53.0 Å². The first-order valence-corrected chi connectivity index (χ1v) is 7.31. The topological polar surface area (TPSA) is 29.0 Å². The summed E-state index contributed by atoms with van der Waals surface area (Å²) in [5.74, 6) is 0.963. The summed E-state index contributed by atoms with van der Waals surface area (Å²) < 4.78 is 0. The molecular formula is C16H18ClN3. The third-order valence-corrected chi connectivity index (χ3v) is 4.37. The summed E-state index contributed by atoms with van der Waals surface area (Å²) in [5, 5.41) is 0.328. The van der Waals surface area contributed by atoms with Gasteiger partial charge in [-0.15, -0.1) is 0 Å². The van der Waals surface area contributed by atoms with Gasteiger partial charge in [0.1, 0.15) is 5.82 Å². The highest BCUT2D eigenvalue weighted by atomic mass is 35.5. The Labute approximate surface area is 124 Å². The molecule has 0 aliphatic carbocycles. The van der Waals surface area contributed by atoms with Crippen LogP contribution in [-0.2, 0) is 6.42 Å². The predicted molar refractivity (Wildman–Crippen MR) is 82.4 cm³/mol. The molecule has 2 aromatic rings. The lowest BCUT2D eigenvalue weighted by Gasteiger charge is -2.37. The molecule has 0 unspecified atom stereocenters. The molecule has 2 heterocycles. The number of aryl methyl sites for hydroxylation is 1. The number of anilines is 1. The summed E-state index contributed by atoms with van der Waals surface area (Å²) in [7, 11) is 0. The molecule has 20 heavy (non-hydrogen) atoms. The fourth-order valence-electron chi connectivity index (χ4n) is 2.92. The minimum absolute atomic E-state index is 0.309. The van der Waals surface area contributed by atoms with Gasteiger partial charge in [0, 0.05) is 17.8 Å². The number of aromatic nitrogens is 2. The summed E-state index contributed by atoms with van der Waals surface area (Å²) >= 11 is 6.04. The van der Waals surface area contributed by atoms with Gasteiger partial charge in [0.15, 0.2) is 0 Å². The summed E-state index contributed by atoms with van der Waals surface area (Å²) in [5.41, 5.74) is 4.88. The molecule has 1 aliphatic rings. The second-order valence-corrected chi connectivity index (χ2v) is 5.68. The van der Waals surface area contributed by atoms with Crippen molar-refractivity contribution in [2.75, 3.05) is 11.4 Å². The Balaban J connectivity index is 2.05. The van der Waals surface area contributed by atoms with Gasteiger partial charge in [-0.1, -0.05) is 24.3 Å². The predicted octanol–water partition coefficient (Wildman–Crippen LogP) is 3.87. The standard InChI is InChI=1S/C16H18ClN3/c1-10-11(2)18-16(17)19-15(10)20-9-8-13-6-4-5-7-14(13)12(20)3/h4-7,12H,8-9H2,1-3H3/t12-/m1/s1. The van der Waals surface area contributed by atoms with Crippen LogP contribution in [0.25, 0.3) is 0 Å². The van der Waals surface area contributed by atoms with E-state index in [1.807, 2.05) is 6.92 Å². The molecule has 0 amide bonds. The number of nitrogens with zero attached hydrogens (tertiary/aromatic N) is 3. The largest absolute Gasteiger partial charge is 0.349 e. The molecule has 0 saturated carbocycles. The van der Waals surface area contributed by atoms with Crippen LogP contribution in [-0.4, -0.2) is 16.5 Å². The quantitative estimate of drug-likeness (QED) is 0.746. The molecule has 4 heteroatoms. The normalized spacial score (nSPS) is 18.0. The summed E-state index contributed by atoms with van der Waals surface area (Å²) in [6, 6.07) is 8.94. The van der Waals surface area contributed by atoms with Crippen molar-refractivity contribution in [1.82, 2.24) is 9.97 Å². The average Bonchev–Trinajstić information content (AvgIpc) is 2.44. The van der Waals surface area contributed by atoms with Crippen LogP contribution in [0.3, 0.4) is 0 Å². The minimum Gasteiger partial charge on any atom is -0.349 e. The molecule has 0 fully saturated rings. The smallest absolute Gasteiger partial charge is 0.224 e. The van der Waals surface area contributed by atoms with Crippen molar-refractivity contribution in [3.8, 4) is 0 Å². The lowest BCUT2D eigenvalue weighted by Crippen LogP contribution is -2.35. The van der Waals surface area contributed by atoms with Crippen molar-refractivity contribution < 1.29 is 0 Å². The maximum absolute atomic E-state index is 6.04. The second-order valence-electron chi connectivity index (χ2n) is 5.34. The van der Waals surface area contributed by atoms with Gasteiger partial charge < -0.3 is 4.90 Å². The molecule has 0 N–H and O–H groups in total. The van der Waals surface area contributed by atoms with Crippen LogP contribution in [0.2, 0.25) is 5.28 Å². The Hall–Kier alpha value is -1.61. The third kappa shape index (κ3) is 2.16. The van der Waals surface area contributed by atoms with Crippen LogP contribution in [0.4, 0.5) is 5.82 Å². The average molecular weight is 288 g/mol. The number of hydrogen-bond acceptors (Lipinski definition) is 3. The van der Waals surface area contributed by atoms with Gasteiger partial charge in [-0.2, -0.15) is 0 Å². The molecule has 1 aromatic heterocycles. The first kappa shape index (κ1) is 13.4. The monoisotopic (exact) mass is 287 g/mol. The molecule has 0 spiro atoms. The van der Waals surface area contributed by atoms with E-state index in [1.165, 1.54) is 11.1 Å². The van der Waals surface area contributed by atoms with Crippen molar-refractivity contribution in [3.63, 3.8) is 0 Å². The van der Waals surface area contributed by atoms with Gasteiger partial charge in [-0.25, -0.2) is 9.97 Å². The zero-order valence-electron chi connectivity index (χ0n) is 12.0. The van der Waals surface area contributed by atoms with E-state index < -0.39 is 0 Å². The van der Waals surface area contributed by atoms with Gasteiger partial charge in [-0.05, 0) is 49.9 Å². The van der Waals surface area contributed by atoms with Gasteiger partial charge in [0.25, 0.3) is 0 Å². The fourth-order valence-corrected chi connectivity index (χ4v) is 3.13. The van der Waals surface area contributed by atoms with Gasteiger partial charge >= 0.3 is 0 Å². The van der Waals surface area contributed by atoms with Crippen LogP contribution < -0.4 is 4.90 Å². The van der Waals surface area contributed by atoms with E-state index in [4.69, 9.17) is 11.6 Å². The SMILES string of the molecule is Cc1nc(Cl)nc(N2CCc3ccccc3[C@H]2C)c1C. The van der Waals surface area contributed by atoms with Gasteiger partial charge in [-0.3, -0.25) is 0 Å². The molecule has 104 valence electrons. The molecule has 1 aliphatic heterocycles. The van der Waals surface area contributed by atoms with E-state index in [-0.39, 0.29) is 0 Å². The van der Waals surface area contributed by atoms with Crippen LogP contribution in [0.1, 0.15) is 35.3 Å². The van der Waals surface area contributed by atoms with Crippen molar-refractivity contribution >= 4 is 17.4 Å². The Bertz CT molecular complexity index is 654. The van der Waals surface area contributed by atoms with Crippen LogP contribution in [0.15, 0.2) is 24.3 Å². The second kappa shape index (κ2) is 5.06. The maximum atomic E-state index is 6.04. The number of rotatable bonds is 1. The van der Waals surface area contributed by atoms with Crippen LogP contribution in [0, 0.1) is 13.8 Å². The van der Waals surface area contributed by atoms with Crippen molar-refractivity contribution in [2.45, 2.75) is 33.2 Å². The van der Waals surface area contributed by atoms with E-state index >= 15 is 0 Å². The first-order chi connectivity index (χ1) is 9.58. The maximum Gasteiger partial charge on any atom is 0.224 e. The highest BCUT2D eigenvalue weighted by Gasteiger charge is 2.26.